The van der Waals surface area contributed by atoms with E-state index < -0.39 is 47.1 Å². The van der Waals surface area contributed by atoms with Crippen LogP contribution in [0, 0.1) is 5.92 Å². The third-order valence-corrected chi connectivity index (χ3v) is 6.06. The number of carbonyl (C=O) groups excluding carboxylic acids is 2. The van der Waals surface area contributed by atoms with Gasteiger partial charge < -0.3 is 10.6 Å². The van der Waals surface area contributed by atoms with Gasteiger partial charge >= 0.3 is 6.18 Å². The van der Waals surface area contributed by atoms with Gasteiger partial charge in [-0.2, -0.15) is 13.2 Å². The van der Waals surface area contributed by atoms with Gasteiger partial charge in [-0.1, -0.05) is 29.8 Å². The number of hydrogen-bond donors (Lipinski definition) is 2. The summed E-state index contributed by atoms with van der Waals surface area (Å²) in [7, 11) is 0. The molecule has 2 aromatic carbocycles. The molecule has 1 fully saturated rings. The number of alkyl halides is 7. The highest BCUT2D eigenvalue weighted by Crippen LogP contribution is 2.65. The maximum absolute atomic E-state index is 13.0. The molecule has 0 aliphatic heterocycles. The third kappa shape index (κ3) is 5.44. The van der Waals surface area contributed by atoms with Crippen LogP contribution < -0.4 is 10.6 Å². The lowest BCUT2D eigenvalue weighted by atomic mass is 10.1. The maximum atomic E-state index is 13.0. The Balaban J connectivity index is 1.75. The lowest BCUT2D eigenvalue weighted by Gasteiger charge is -2.11. The fourth-order valence-corrected chi connectivity index (χ4v) is 4.26. The van der Waals surface area contributed by atoms with E-state index in [4.69, 9.17) is 34.8 Å². The Kier molecular flexibility index (Phi) is 6.93. The summed E-state index contributed by atoms with van der Waals surface area (Å²) in [6.07, 6.45) is -7.32. The number of hydrogen-bond acceptors (Lipinski definition) is 2. The highest BCUT2D eigenvalue weighted by atomic mass is 35.5. The second-order valence-corrected chi connectivity index (χ2v) is 8.93. The SMILES string of the molecule is O=C(NCC(F)(F)F)c1cc(NC(=O)[C@@H]2[C@@H](c3cccc(C(F)F)c3)C2(Cl)Cl)ccc1Cl. The van der Waals surface area contributed by atoms with E-state index in [0.717, 1.165) is 6.07 Å². The molecule has 3 rings (SSSR count). The summed E-state index contributed by atoms with van der Waals surface area (Å²) < 4.78 is 61.4. The van der Waals surface area contributed by atoms with Crippen LogP contribution in [0.25, 0.3) is 0 Å². The number of benzene rings is 2. The van der Waals surface area contributed by atoms with Crippen molar-refractivity contribution in [3.05, 3.63) is 64.2 Å². The van der Waals surface area contributed by atoms with E-state index in [9.17, 15) is 31.5 Å². The van der Waals surface area contributed by atoms with Gasteiger partial charge in [-0.15, -0.1) is 23.2 Å². The predicted molar refractivity (Wildman–Crippen MR) is 111 cm³/mol. The van der Waals surface area contributed by atoms with Crippen molar-refractivity contribution in [3.63, 3.8) is 0 Å². The van der Waals surface area contributed by atoms with E-state index >= 15 is 0 Å². The van der Waals surface area contributed by atoms with Crippen LogP contribution in [0.1, 0.15) is 33.8 Å². The highest BCUT2D eigenvalue weighted by Gasteiger charge is 2.67. The highest BCUT2D eigenvalue weighted by molar-refractivity contribution is 6.53. The molecule has 172 valence electrons. The largest absolute Gasteiger partial charge is 0.405 e. The molecule has 0 heterocycles. The minimum atomic E-state index is -4.61. The average Bonchev–Trinajstić information content (AvgIpc) is 3.29. The summed E-state index contributed by atoms with van der Waals surface area (Å²) in [5.41, 5.74) is -0.109. The van der Waals surface area contributed by atoms with Gasteiger partial charge in [-0.3, -0.25) is 9.59 Å². The molecular weight excluding hydrogens is 502 g/mol. The summed E-state index contributed by atoms with van der Waals surface area (Å²) >= 11 is 18.3. The Morgan fingerprint density at radius 1 is 1.09 bits per heavy atom. The zero-order chi connectivity index (χ0) is 23.8. The van der Waals surface area contributed by atoms with Crippen molar-refractivity contribution in [2.45, 2.75) is 22.9 Å². The van der Waals surface area contributed by atoms with E-state index in [1.54, 1.807) is 5.32 Å². The van der Waals surface area contributed by atoms with E-state index in [1.165, 1.54) is 36.4 Å². The molecule has 0 saturated heterocycles. The molecule has 0 radical (unpaired) electrons. The molecule has 1 aliphatic carbocycles. The van der Waals surface area contributed by atoms with Crippen LogP contribution in [-0.2, 0) is 4.79 Å². The van der Waals surface area contributed by atoms with Gasteiger partial charge in [0.1, 0.15) is 10.9 Å². The van der Waals surface area contributed by atoms with E-state index in [0.29, 0.717) is 5.56 Å². The lowest BCUT2D eigenvalue weighted by Crippen LogP contribution is -2.33. The Morgan fingerprint density at radius 3 is 2.41 bits per heavy atom. The monoisotopic (exact) mass is 514 g/mol. The molecule has 1 saturated carbocycles. The zero-order valence-corrected chi connectivity index (χ0v) is 18.1. The Labute approximate surface area is 194 Å². The van der Waals surface area contributed by atoms with Crippen LogP contribution in [0.5, 0.6) is 0 Å². The van der Waals surface area contributed by atoms with Crippen molar-refractivity contribution in [2.24, 2.45) is 5.92 Å². The quantitative estimate of drug-likeness (QED) is 0.361. The van der Waals surface area contributed by atoms with Crippen molar-refractivity contribution in [1.29, 1.82) is 0 Å². The Bertz CT molecular complexity index is 1050. The Hall–Kier alpha value is -2.10. The first-order valence-corrected chi connectivity index (χ1v) is 10.2. The first-order valence-electron chi connectivity index (χ1n) is 9.02. The molecular formula is C20H14Cl3F5N2O2. The fourth-order valence-electron chi connectivity index (χ4n) is 3.23. The molecule has 0 aromatic heterocycles. The van der Waals surface area contributed by atoms with Crippen molar-refractivity contribution in [1.82, 2.24) is 5.32 Å². The summed E-state index contributed by atoms with van der Waals surface area (Å²) in [5, 5.41) is 4.04. The molecule has 0 bridgehead atoms. The van der Waals surface area contributed by atoms with E-state index in [1.807, 2.05) is 0 Å². The summed E-state index contributed by atoms with van der Waals surface area (Å²) in [6.45, 7) is -1.55. The van der Waals surface area contributed by atoms with Crippen molar-refractivity contribution in [2.75, 3.05) is 11.9 Å². The van der Waals surface area contributed by atoms with E-state index in [-0.39, 0.29) is 21.8 Å². The number of halogens is 8. The number of anilines is 1. The van der Waals surface area contributed by atoms with Crippen LogP contribution in [0.4, 0.5) is 27.6 Å². The van der Waals surface area contributed by atoms with Gasteiger partial charge in [0.2, 0.25) is 5.91 Å². The molecule has 32 heavy (non-hydrogen) atoms. The second kappa shape index (κ2) is 9.03. The van der Waals surface area contributed by atoms with Crippen LogP contribution in [0.2, 0.25) is 5.02 Å². The molecule has 2 N–H and O–H groups in total. The first-order chi connectivity index (χ1) is 14.8. The summed E-state index contributed by atoms with van der Waals surface area (Å²) in [6, 6.07) is 9.03. The lowest BCUT2D eigenvalue weighted by molar-refractivity contribution is -0.123. The normalized spacial score (nSPS) is 19.5. The van der Waals surface area contributed by atoms with Crippen LogP contribution in [0.3, 0.4) is 0 Å². The molecule has 12 heteroatoms. The van der Waals surface area contributed by atoms with Crippen molar-refractivity contribution < 1.29 is 31.5 Å². The zero-order valence-electron chi connectivity index (χ0n) is 15.8. The van der Waals surface area contributed by atoms with Gasteiger partial charge in [0.25, 0.3) is 12.3 Å². The van der Waals surface area contributed by atoms with Gasteiger partial charge in [-0.25, -0.2) is 8.78 Å². The minimum Gasteiger partial charge on any atom is -0.343 e. The number of carbonyl (C=O) groups is 2. The number of nitrogens with one attached hydrogen (secondary N) is 2. The summed E-state index contributed by atoms with van der Waals surface area (Å²) in [4.78, 5) is 24.7. The number of rotatable bonds is 6. The first kappa shape index (κ1) is 24.5. The fraction of sp³-hybridized carbons (Fsp3) is 0.300. The van der Waals surface area contributed by atoms with Gasteiger partial charge in [0.05, 0.1) is 16.5 Å². The van der Waals surface area contributed by atoms with Crippen molar-refractivity contribution in [3.8, 4) is 0 Å². The van der Waals surface area contributed by atoms with Gasteiger partial charge in [0, 0.05) is 17.2 Å². The number of amides is 2. The third-order valence-electron chi connectivity index (χ3n) is 4.79. The van der Waals surface area contributed by atoms with Crippen LogP contribution >= 0.6 is 34.8 Å². The standard InChI is InChI=1S/C20H14Cl3F5N2O2/c21-13-5-4-11(7-12(13)17(31)29-8-19(26,27)28)30-18(32)15-14(20(15,22)23)9-2-1-3-10(6-9)16(24)25/h1-7,14-16H,8H2,(H,29,31)(H,30,32)/t14-,15+/m1/s1. The van der Waals surface area contributed by atoms with Gasteiger partial charge in [-0.05, 0) is 29.8 Å². The molecule has 1 aliphatic rings. The molecule has 2 atom stereocenters. The molecule has 2 aromatic rings. The predicted octanol–water partition coefficient (Wildman–Crippen LogP) is 6.10. The average molecular weight is 516 g/mol. The second-order valence-electron chi connectivity index (χ2n) is 7.08. The van der Waals surface area contributed by atoms with Gasteiger partial charge in [0.15, 0.2) is 0 Å². The van der Waals surface area contributed by atoms with E-state index in [2.05, 4.69) is 5.32 Å². The van der Waals surface area contributed by atoms with Crippen molar-refractivity contribution >= 4 is 52.3 Å². The van der Waals surface area contributed by atoms with Crippen LogP contribution in [0.15, 0.2) is 42.5 Å². The smallest absolute Gasteiger partial charge is 0.343 e. The molecule has 4 nitrogen and oxygen atoms in total. The topological polar surface area (TPSA) is 58.2 Å². The van der Waals surface area contributed by atoms with Crippen LogP contribution in [-0.4, -0.2) is 28.9 Å². The minimum absolute atomic E-state index is 0.0627. The Morgan fingerprint density at radius 2 is 1.78 bits per heavy atom. The maximum Gasteiger partial charge on any atom is 0.405 e. The summed E-state index contributed by atoms with van der Waals surface area (Å²) in [5.74, 6) is -3.49. The molecule has 0 spiro atoms. The molecule has 2 amide bonds. The molecule has 0 unspecified atom stereocenters.